The Labute approximate surface area is 88.5 Å². The number of rotatable bonds is 0. The topological polar surface area (TPSA) is 0 Å². The van der Waals surface area contributed by atoms with E-state index in [1.807, 2.05) is 0 Å². The molecule has 0 aromatic carbocycles. The molecule has 0 radical (unpaired) electrons. The molecule has 0 amide bonds. The van der Waals surface area contributed by atoms with Crippen LogP contribution in [0.3, 0.4) is 0 Å². The fraction of sp³-hybridized carbons (Fsp3) is 1.00. The number of hydrogen-bond donors (Lipinski definition) is 0. The number of hydrogen-bond acceptors (Lipinski definition) is 0. The van der Waals surface area contributed by atoms with E-state index in [0.717, 1.165) is 17.3 Å². The van der Waals surface area contributed by atoms with E-state index in [0.29, 0.717) is 16.2 Å². The van der Waals surface area contributed by atoms with Gasteiger partial charge in [0.15, 0.2) is 0 Å². The van der Waals surface area contributed by atoms with Crippen molar-refractivity contribution in [2.45, 2.75) is 54.4 Å². The van der Waals surface area contributed by atoms with Crippen molar-refractivity contribution in [2.24, 2.45) is 33.5 Å². The van der Waals surface area contributed by atoms with Crippen molar-refractivity contribution < 1.29 is 0 Å². The summed E-state index contributed by atoms with van der Waals surface area (Å²) in [4.78, 5) is 0. The van der Waals surface area contributed by atoms with E-state index in [4.69, 9.17) is 0 Å². The van der Waals surface area contributed by atoms with Crippen LogP contribution in [0.2, 0.25) is 0 Å². The van der Waals surface area contributed by atoms with Gasteiger partial charge in [-0.15, -0.1) is 0 Å². The van der Waals surface area contributed by atoms with Crippen LogP contribution in [0.15, 0.2) is 0 Å². The third-order valence-corrected chi connectivity index (χ3v) is 7.78. The predicted octanol–water partition coefficient (Wildman–Crippen LogP) is 4.10. The van der Waals surface area contributed by atoms with Crippen molar-refractivity contribution >= 4 is 0 Å². The lowest BCUT2D eigenvalue weighted by Crippen LogP contribution is -2.77. The number of fused-ring (bicyclic) bond motifs is 1. The Kier molecular flexibility index (Phi) is 1.21. The smallest absolute Gasteiger partial charge is 0.0156 e. The summed E-state index contributed by atoms with van der Waals surface area (Å²) in [6.45, 7) is 15.1. The standard InChI is InChI=1S/C14H24/c1-9-7-14-8-12(9,5)13(14,6)11(3,4)10(14)2/h9-10H,7-8H2,1-6H3. The van der Waals surface area contributed by atoms with Crippen molar-refractivity contribution in [3.05, 3.63) is 0 Å². The molecule has 4 rings (SSSR count). The van der Waals surface area contributed by atoms with Gasteiger partial charge in [0.2, 0.25) is 0 Å². The molecule has 14 heavy (non-hydrogen) atoms. The summed E-state index contributed by atoms with van der Waals surface area (Å²) in [5.74, 6) is 1.90. The average Bonchev–Trinajstić information content (AvgIpc) is 2.47. The van der Waals surface area contributed by atoms with Gasteiger partial charge in [0.05, 0.1) is 0 Å². The Hall–Kier alpha value is 0. The Morgan fingerprint density at radius 2 is 1.57 bits per heavy atom. The fourth-order valence-corrected chi connectivity index (χ4v) is 6.37. The molecule has 4 saturated carbocycles. The zero-order valence-electron chi connectivity index (χ0n) is 10.6. The molecule has 0 aromatic heterocycles. The second-order valence-corrected chi connectivity index (χ2v) is 7.42. The first-order valence-electron chi connectivity index (χ1n) is 6.24. The predicted molar refractivity (Wildman–Crippen MR) is 60.0 cm³/mol. The van der Waals surface area contributed by atoms with E-state index < -0.39 is 0 Å². The Balaban J connectivity index is 2.15. The Morgan fingerprint density at radius 1 is 1.00 bits per heavy atom. The molecule has 0 N–H and O–H groups in total. The van der Waals surface area contributed by atoms with Crippen molar-refractivity contribution in [1.82, 2.24) is 0 Å². The summed E-state index contributed by atoms with van der Waals surface area (Å²) in [5, 5.41) is 0. The van der Waals surface area contributed by atoms with Crippen LogP contribution < -0.4 is 0 Å². The summed E-state index contributed by atoms with van der Waals surface area (Å²) in [5.41, 5.74) is 2.62. The summed E-state index contributed by atoms with van der Waals surface area (Å²) >= 11 is 0. The first-order chi connectivity index (χ1) is 6.24. The van der Waals surface area contributed by atoms with Gasteiger partial charge in [0, 0.05) is 0 Å². The van der Waals surface area contributed by atoms with E-state index >= 15 is 0 Å². The van der Waals surface area contributed by atoms with E-state index in [-0.39, 0.29) is 0 Å². The molecular formula is C14H24. The van der Waals surface area contributed by atoms with E-state index in [9.17, 15) is 0 Å². The highest BCUT2D eigenvalue weighted by molar-refractivity contribution is 5.36. The maximum absolute atomic E-state index is 2.58. The molecule has 4 aliphatic carbocycles. The maximum Gasteiger partial charge on any atom is -0.0156 e. The van der Waals surface area contributed by atoms with E-state index in [1.54, 1.807) is 0 Å². The van der Waals surface area contributed by atoms with Gasteiger partial charge in [-0.1, -0.05) is 41.5 Å². The SMILES string of the molecule is CC1CC23CC1(C)C2(C)C(C)(C)C3C. The molecule has 4 fully saturated rings. The molecule has 80 valence electrons. The van der Waals surface area contributed by atoms with Gasteiger partial charge in [-0.2, -0.15) is 0 Å². The van der Waals surface area contributed by atoms with Crippen LogP contribution in [0.5, 0.6) is 0 Å². The van der Waals surface area contributed by atoms with Crippen LogP contribution in [-0.4, -0.2) is 0 Å². The maximum atomic E-state index is 2.58. The van der Waals surface area contributed by atoms with Crippen LogP contribution in [0, 0.1) is 33.5 Å². The Morgan fingerprint density at radius 3 is 2.00 bits per heavy atom. The lowest BCUT2D eigenvalue weighted by atomic mass is 9.21. The van der Waals surface area contributed by atoms with Gasteiger partial charge in [0.25, 0.3) is 0 Å². The third kappa shape index (κ3) is 0.463. The summed E-state index contributed by atoms with van der Waals surface area (Å²) in [7, 11) is 0. The molecule has 4 aliphatic rings. The highest BCUT2D eigenvalue weighted by Crippen LogP contribution is 2.94. The lowest BCUT2D eigenvalue weighted by molar-refractivity contribution is -0.355. The van der Waals surface area contributed by atoms with Crippen LogP contribution in [0.1, 0.15) is 54.4 Å². The zero-order chi connectivity index (χ0) is 10.6. The monoisotopic (exact) mass is 192 g/mol. The molecule has 0 aromatic rings. The van der Waals surface area contributed by atoms with Crippen molar-refractivity contribution in [3.63, 3.8) is 0 Å². The first-order valence-corrected chi connectivity index (χ1v) is 6.24. The molecule has 5 atom stereocenters. The average molecular weight is 192 g/mol. The summed E-state index contributed by atoms with van der Waals surface area (Å²) in [6, 6.07) is 0. The third-order valence-electron chi connectivity index (χ3n) is 7.78. The molecule has 2 bridgehead atoms. The molecular weight excluding hydrogens is 168 g/mol. The minimum Gasteiger partial charge on any atom is -0.0619 e. The molecule has 0 heterocycles. The minimum atomic E-state index is 0.574. The van der Waals surface area contributed by atoms with Crippen LogP contribution in [-0.2, 0) is 0 Å². The van der Waals surface area contributed by atoms with E-state index in [2.05, 4.69) is 41.5 Å². The molecule has 5 unspecified atom stereocenters. The fourth-order valence-electron chi connectivity index (χ4n) is 6.37. The molecule has 0 nitrogen and oxygen atoms in total. The van der Waals surface area contributed by atoms with E-state index in [1.165, 1.54) is 12.8 Å². The Bertz CT molecular complexity index is 312. The second-order valence-electron chi connectivity index (χ2n) is 7.42. The van der Waals surface area contributed by atoms with Gasteiger partial charge >= 0.3 is 0 Å². The second kappa shape index (κ2) is 1.83. The van der Waals surface area contributed by atoms with Crippen LogP contribution >= 0.6 is 0 Å². The van der Waals surface area contributed by atoms with Gasteiger partial charge < -0.3 is 0 Å². The van der Waals surface area contributed by atoms with Crippen LogP contribution in [0.4, 0.5) is 0 Å². The largest absolute Gasteiger partial charge is 0.0619 e. The van der Waals surface area contributed by atoms with Crippen molar-refractivity contribution in [2.75, 3.05) is 0 Å². The van der Waals surface area contributed by atoms with Gasteiger partial charge in [-0.25, -0.2) is 0 Å². The zero-order valence-corrected chi connectivity index (χ0v) is 10.6. The highest BCUT2D eigenvalue weighted by atomic mass is 14.9. The highest BCUT2D eigenvalue weighted by Gasteiger charge is 2.88. The summed E-state index contributed by atoms with van der Waals surface area (Å²) < 4.78 is 0. The minimum absolute atomic E-state index is 0.574. The summed E-state index contributed by atoms with van der Waals surface area (Å²) in [6.07, 6.45) is 3.02. The lowest BCUT2D eigenvalue weighted by Gasteiger charge is -2.83. The molecule has 1 spiro atoms. The first kappa shape index (κ1) is 9.24. The molecule has 0 saturated heterocycles. The van der Waals surface area contributed by atoms with Gasteiger partial charge in [0.1, 0.15) is 0 Å². The van der Waals surface area contributed by atoms with Gasteiger partial charge in [-0.3, -0.25) is 0 Å². The van der Waals surface area contributed by atoms with Gasteiger partial charge in [-0.05, 0) is 46.3 Å². The van der Waals surface area contributed by atoms with Crippen LogP contribution in [0.25, 0.3) is 0 Å². The molecule has 0 heteroatoms. The van der Waals surface area contributed by atoms with Crippen molar-refractivity contribution in [3.8, 4) is 0 Å². The normalized spacial score (nSPS) is 68.1. The van der Waals surface area contributed by atoms with Crippen molar-refractivity contribution in [1.29, 1.82) is 0 Å². The quantitative estimate of drug-likeness (QED) is 0.542. The molecule has 0 aliphatic heterocycles.